The highest BCUT2D eigenvalue weighted by molar-refractivity contribution is 14.1. The Kier molecular flexibility index (Phi) is 4.19. The Labute approximate surface area is 113 Å². The normalized spacial score (nSPS) is 13.0. The van der Waals surface area contributed by atoms with Crippen LogP contribution in [0.15, 0.2) is 40.7 Å². The van der Waals surface area contributed by atoms with Gasteiger partial charge in [0.15, 0.2) is 0 Å². The van der Waals surface area contributed by atoms with E-state index >= 15 is 0 Å². The zero-order chi connectivity index (χ0) is 12.1. The van der Waals surface area contributed by atoms with Gasteiger partial charge in [-0.3, -0.25) is 0 Å². The smallest absolute Gasteiger partial charge is 0.142 e. The van der Waals surface area contributed by atoms with Crippen molar-refractivity contribution in [2.45, 2.75) is 12.5 Å². The van der Waals surface area contributed by atoms with Crippen LogP contribution in [-0.4, -0.2) is 17.3 Å². The second-order valence-corrected chi connectivity index (χ2v) is 4.48. The van der Waals surface area contributed by atoms with E-state index in [2.05, 4.69) is 39.0 Å². The van der Waals surface area contributed by atoms with Gasteiger partial charge < -0.3 is 15.1 Å². The first-order valence-corrected chi connectivity index (χ1v) is 6.61. The number of carbonyl (C=O) groups is 1. The van der Waals surface area contributed by atoms with Crippen molar-refractivity contribution in [1.29, 1.82) is 0 Å². The van der Waals surface area contributed by atoms with Crippen molar-refractivity contribution in [3.8, 4) is 0 Å². The molecule has 0 amide bonds. The van der Waals surface area contributed by atoms with Crippen LogP contribution in [-0.2, 0) is 11.2 Å². The summed E-state index contributed by atoms with van der Waals surface area (Å²) >= 11 is 2.12. The molecule has 0 aliphatic carbocycles. The predicted molar refractivity (Wildman–Crippen MR) is 78.2 cm³/mol. The number of aldehydes is 1. The van der Waals surface area contributed by atoms with E-state index in [4.69, 9.17) is 0 Å². The summed E-state index contributed by atoms with van der Waals surface area (Å²) in [5.41, 5.74) is 2.27. The quantitative estimate of drug-likeness (QED) is 0.649. The third-order valence-corrected chi connectivity index (χ3v) is 3.01. The zero-order valence-electron chi connectivity index (χ0n) is 9.19. The van der Waals surface area contributed by atoms with Crippen LogP contribution in [0.4, 0.5) is 0 Å². The van der Waals surface area contributed by atoms with Gasteiger partial charge in [0.1, 0.15) is 6.29 Å². The standard InChI is InChI=1S/C13H13IN2O/c14-5-6-15-11(9-17)7-10-8-16-13-4-2-1-3-12(10)13/h1-6,8-9,11,15-16H,7H2/b6-5+/t11-/m0/s1. The number of aromatic amines is 1. The van der Waals surface area contributed by atoms with Gasteiger partial charge >= 0.3 is 0 Å². The number of hydrogen-bond acceptors (Lipinski definition) is 2. The van der Waals surface area contributed by atoms with Crippen LogP contribution >= 0.6 is 22.6 Å². The molecule has 2 rings (SSSR count). The number of halogens is 1. The summed E-state index contributed by atoms with van der Waals surface area (Å²) in [6.45, 7) is 0. The molecule has 2 N–H and O–H groups in total. The van der Waals surface area contributed by atoms with Crippen molar-refractivity contribution in [3.63, 3.8) is 0 Å². The van der Waals surface area contributed by atoms with Gasteiger partial charge in [-0.1, -0.05) is 40.8 Å². The van der Waals surface area contributed by atoms with E-state index in [0.717, 1.165) is 17.4 Å². The molecule has 0 radical (unpaired) electrons. The van der Waals surface area contributed by atoms with E-state index < -0.39 is 0 Å². The number of para-hydroxylation sites is 1. The summed E-state index contributed by atoms with van der Waals surface area (Å²) in [6, 6.07) is 7.93. The first-order chi connectivity index (χ1) is 8.35. The van der Waals surface area contributed by atoms with Gasteiger partial charge in [0.2, 0.25) is 0 Å². The van der Waals surface area contributed by atoms with Crippen molar-refractivity contribution in [2.75, 3.05) is 0 Å². The lowest BCUT2D eigenvalue weighted by atomic mass is 10.1. The number of fused-ring (bicyclic) bond motifs is 1. The predicted octanol–water partition coefficient (Wildman–Crippen LogP) is 2.77. The summed E-state index contributed by atoms with van der Waals surface area (Å²) in [5, 5.41) is 4.23. The third kappa shape index (κ3) is 2.88. The topological polar surface area (TPSA) is 44.9 Å². The van der Waals surface area contributed by atoms with Gasteiger partial charge in [0.25, 0.3) is 0 Å². The van der Waals surface area contributed by atoms with Crippen LogP contribution in [0.3, 0.4) is 0 Å². The van der Waals surface area contributed by atoms with Gasteiger partial charge in [0.05, 0.1) is 6.04 Å². The maximum absolute atomic E-state index is 11.0. The lowest BCUT2D eigenvalue weighted by molar-refractivity contribution is -0.109. The van der Waals surface area contributed by atoms with E-state index in [0.29, 0.717) is 6.42 Å². The Morgan fingerprint density at radius 1 is 1.41 bits per heavy atom. The first-order valence-electron chi connectivity index (χ1n) is 5.36. The van der Waals surface area contributed by atoms with Crippen molar-refractivity contribution in [2.24, 2.45) is 0 Å². The van der Waals surface area contributed by atoms with Crippen LogP contribution < -0.4 is 5.32 Å². The molecule has 1 aromatic heterocycles. The van der Waals surface area contributed by atoms with Crippen molar-refractivity contribution < 1.29 is 4.79 Å². The molecule has 0 bridgehead atoms. The highest BCUT2D eigenvalue weighted by atomic mass is 127. The largest absolute Gasteiger partial charge is 0.381 e. The molecule has 0 fully saturated rings. The molecule has 0 unspecified atom stereocenters. The molecule has 0 aliphatic heterocycles. The Morgan fingerprint density at radius 3 is 3.00 bits per heavy atom. The summed E-state index contributed by atoms with van der Waals surface area (Å²) in [5.74, 6) is 0. The van der Waals surface area contributed by atoms with Crippen LogP contribution in [0, 0.1) is 0 Å². The summed E-state index contributed by atoms with van der Waals surface area (Å²) in [4.78, 5) is 14.2. The Morgan fingerprint density at radius 2 is 2.24 bits per heavy atom. The fourth-order valence-corrected chi connectivity index (χ4v) is 2.05. The van der Waals surface area contributed by atoms with Gasteiger partial charge in [-0.2, -0.15) is 0 Å². The van der Waals surface area contributed by atoms with Gasteiger partial charge in [-0.15, -0.1) is 0 Å². The van der Waals surface area contributed by atoms with E-state index in [9.17, 15) is 4.79 Å². The Bertz CT molecular complexity index is 533. The van der Waals surface area contributed by atoms with E-state index in [1.54, 1.807) is 6.20 Å². The molecule has 0 spiro atoms. The van der Waals surface area contributed by atoms with Crippen molar-refractivity contribution in [1.82, 2.24) is 10.3 Å². The number of hydrogen-bond donors (Lipinski definition) is 2. The van der Waals surface area contributed by atoms with Crippen molar-refractivity contribution in [3.05, 3.63) is 46.3 Å². The molecular weight excluding hydrogens is 327 g/mol. The number of benzene rings is 1. The minimum atomic E-state index is -0.180. The maximum atomic E-state index is 11.0. The Hall–Kier alpha value is -1.30. The molecule has 0 saturated heterocycles. The second kappa shape index (κ2) is 5.86. The zero-order valence-corrected chi connectivity index (χ0v) is 11.3. The lowest BCUT2D eigenvalue weighted by Crippen LogP contribution is -2.27. The van der Waals surface area contributed by atoms with Crippen molar-refractivity contribution >= 4 is 39.8 Å². The fourth-order valence-electron chi connectivity index (χ4n) is 1.84. The second-order valence-electron chi connectivity index (χ2n) is 3.77. The van der Waals surface area contributed by atoms with Crippen LogP contribution in [0.2, 0.25) is 0 Å². The van der Waals surface area contributed by atoms with Crippen LogP contribution in [0.25, 0.3) is 10.9 Å². The average molecular weight is 340 g/mol. The van der Waals surface area contributed by atoms with Crippen LogP contribution in [0.1, 0.15) is 5.56 Å². The monoisotopic (exact) mass is 340 g/mol. The molecule has 3 nitrogen and oxygen atoms in total. The number of carbonyl (C=O) groups excluding carboxylic acids is 1. The molecule has 2 aromatic rings. The van der Waals surface area contributed by atoms with E-state index in [1.165, 1.54) is 5.39 Å². The molecule has 17 heavy (non-hydrogen) atoms. The minimum absolute atomic E-state index is 0.180. The van der Waals surface area contributed by atoms with E-state index in [-0.39, 0.29) is 6.04 Å². The van der Waals surface area contributed by atoms with Crippen LogP contribution in [0.5, 0.6) is 0 Å². The SMILES string of the molecule is O=C[C@H](Cc1c[nH]c2ccccc12)N/C=C/I. The number of nitrogens with one attached hydrogen (secondary N) is 2. The number of rotatable bonds is 5. The molecular formula is C13H13IN2O. The molecule has 1 heterocycles. The Balaban J connectivity index is 2.19. The fraction of sp³-hybridized carbons (Fsp3) is 0.154. The minimum Gasteiger partial charge on any atom is -0.381 e. The molecule has 1 atom stereocenters. The van der Waals surface area contributed by atoms with Gasteiger partial charge in [0, 0.05) is 29.7 Å². The lowest BCUT2D eigenvalue weighted by Gasteiger charge is -2.09. The molecule has 4 heteroatoms. The van der Waals surface area contributed by atoms with E-state index in [1.807, 2.05) is 28.5 Å². The summed E-state index contributed by atoms with van der Waals surface area (Å²) in [6.07, 6.45) is 5.39. The number of H-pyrrole nitrogens is 1. The van der Waals surface area contributed by atoms with Gasteiger partial charge in [-0.25, -0.2) is 0 Å². The number of aromatic nitrogens is 1. The van der Waals surface area contributed by atoms with Gasteiger partial charge in [-0.05, 0) is 15.7 Å². The molecule has 0 saturated carbocycles. The average Bonchev–Trinajstić information content (AvgIpc) is 2.78. The highest BCUT2D eigenvalue weighted by Crippen LogP contribution is 2.18. The molecule has 88 valence electrons. The summed E-state index contributed by atoms with van der Waals surface area (Å²) < 4.78 is 1.85. The third-order valence-electron chi connectivity index (χ3n) is 2.65. The molecule has 1 aromatic carbocycles. The highest BCUT2D eigenvalue weighted by Gasteiger charge is 2.09. The summed E-state index contributed by atoms with van der Waals surface area (Å²) in [7, 11) is 0. The first kappa shape index (κ1) is 12.2. The maximum Gasteiger partial charge on any atom is 0.142 e. The molecule has 0 aliphatic rings.